The average Bonchev–Trinajstić information content (AvgIpc) is 2.67. The molecule has 0 fully saturated rings. The van der Waals surface area contributed by atoms with Crippen LogP contribution in [0.1, 0.15) is 26.0 Å². The van der Waals surface area contributed by atoms with Crippen LogP contribution in [-0.2, 0) is 23.6 Å². The van der Waals surface area contributed by atoms with Crippen molar-refractivity contribution >= 4 is 10.0 Å². The second-order valence-electron chi connectivity index (χ2n) is 4.99. The van der Waals surface area contributed by atoms with Gasteiger partial charge in [-0.1, -0.05) is 13.8 Å². The average molecular weight is 273 g/mol. The summed E-state index contributed by atoms with van der Waals surface area (Å²) >= 11 is 0. The topological polar surface area (TPSA) is 68.3 Å². The maximum atomic E-state index is 12.3. The fraction of sp³-hybridized carbons (Fsp3) is 0.667. The summed E-state index contributed by atoms with van der Waals surface area (Å²) in [5, 5.41) is 0. The quantitative estimate of drug-likeness (QED) is 0.845. The van der Waals surface area contributed by atoms with E-state index < -0.39 is 10.0 Å². The van der Waals surface area contributed by atoms with Gasteiger partial charge in [0.25, 0.3) is 0 Å². The third kappa shape index (κ3) is 3.34. The van der Waals surface area contributed by atoms with Gasteiger partial charge >= 0.3 is 0 Å². The zero-order valence-corrected chi connectivity index (χ0v) is 12.4. The van der Waals surface area contributed by atoms with Crippen LogP contribution in [0.5, 0.6) is 0 Å². The van der Waals surface area contributed by atoms with Crippen molar-refractivity contribution in [2.45, 2.75) is 31.7 Å². The lowest BCUT2D eigenvalue weighted by Crippen LogP contribution is -2.28. The Morgan fingerprint density at radius 3 is 2.50 bits per heavy atom. The second-order valence-corrected chi connectivity index (χ2v) is 7.04. The number of rotatable bonds is 6. The van der Waals surface area contributed by atoms with Crippen LogP contribution >= 0.6 is 0 Å². The Hall–Kier alpha value is -0.850. The first-order valence-corrected chi connectivity index (χ1v) is 7.54. The van der Waals surface area contributed by atoms with E-state index >= 15 is 0 Å². The van der Waals surface area contributed by atoms with Gasteiger partial charge in [-0.25, -0.2) is 12.7 Å². The third-order valence-electron chi connectivity index (χ3n) is 3.02. The standard InChI is InChI=1S/C12H23N3O2S/c1-10(2)5-6-15(4)18(16,17)12-7-11(8-13)14(3)9-12/h7,9-10H,5-6,8,13H2,1-4H3. The van der Waals surface area contributed by atoms with Gasteiger partial charge in [-0.3, -0.25) is 0 Å². The first-order chi connectivity index (χ1) is 8.28. The molecule has 6 heteroatoms. The number of hydrogen-bond acceptors (Lipinski definition) is 3. The van der Waals surface area contributed by atoms with Gasteiger partial charge in [0.2, 0.25) is 10.0 Å². The smallest absolute Gasteiger partial charge is 0.244 e. The molecule has 104 valence electrons. The number of nitrogens with zero attached hydrogens (tertiary/aromatic N) is 2. The first-order valence-electron chi connectivity index (χ1n) is 6.10. The minimum atomic E-state index is -3.39. The van der Waals surface area contributed by atoms with Gasteiger partial charge in [0, 0.05) is 39.1 Å². The van der Waals surface area contributed by atoms with E-state index in [9.17, 15) is 8.42 Å². The van der Waals surface area contributed by atoms with E-state index in [1.54, 1.807) is 30.9 Å². The van der Waals surface area contributed by atoms with Crippen molar-refractivity contribution in [3.8, 4) is 0 Å². The highest BCUT2D eigenvalue weighted by atomic mass is 32.2. The second kappa shape index (κ2) is 5.86. The van der Waals surface area contributed by atoms with Crippen LogP contribution in [0.2, 0.25) is 0 Å². The maximum absolute atomic E-state index is 12.3. The molecule has 0 saturated heterocycles. The summed E-state index contributed by atoms with van der Waals surface area (Å²) < 4.78 is 27.8. The number of hydrogen-bond donors (Lipinski definition) is 1. The molecule has 0 aliphatic heterocycles. The number of aryl methyl sites for hydroxylation is 1. The predicted octanol–water partition coefficient (Wildman–Crippen LogP) is 1.15. The molecule has 1 rings (SSSR count). The lowest BCUT2D eigenvalue weighted by atomic mass is 10.1. The van der Waals surface area contributed by atoms with Gasteiger partial charge in [-0.15, -0.1) is 0 Å². The highest BCUT2D eigenvalue weighted by Crippen LogP contribution is 2.18. The van der Waals surface area contributed by atoms with E-state index in [2.05, 4.69) is 13.8 Å². The molecular formula is C12H23N3O2S. The van der Waals surface area contributed by atoms with Crippen molar-refractivity contribution in [1.29, 1.82) is 0 Å². The fourth-order valence-electron chi connectivity index (χ4n) is 1.66. The maximum Gasteiger partial charge on any atom is 0.244 e. The molecule has 0 spiro atoms. The minimum absolute atomic E-state index is 0.316. The minimum Gasteiger partial charge on any atom is -0.352 e. The van der Waals surface area contributed by atoms with Crippen molar-refractivity contribution in [3.05, 3.63) is 18.0 Å². The lowest BCUT2D eigenvalue weighted by molar-refractivity contribution is 0.428. The molecule has 0 aliphatic carbocycles. The molecule has 1 heterocycles. The Kier molecular flexibility index (Phi) is 4.95. The molecule has 0 atom stereocenters. The van der Waals surface area contributed by atoms with Gasteiger partial charge in [-0.05, 0) is 18.4 Å². The van der Waals surface area contributed by atoms with Crippen LogP contribution in [0.3, 0.4) is 0 Å². The summed E-state index contributed by atoms with van der Waals surface area (Å²) in [6, 6.07) is 1.64. The van der Waals surface area contributed by atoms with Gasteiger partial charge in [0.1, 0.15) is 4.90 Å². The predicted molar refractivity (Wildman–Crippen MR) is 72.6 cm³/mol. The van der Waals surface area contributed by atoms with Crippen molar-refractivity contribution in [2.24, 2.45) is 18.7 Å². The molecule has 18 heavy (non-hydrogen) atoms. The van der Waals surface area contributed by atoms with Crippen molar-refractivity contribution in [2.75, 3.05) is 13.6 Å². The molecule has 0 unspecified atom stereocenters. The van der Waals surface area contributed by atoms with Gasteiger partial charge in [0.15, 0.2) is 0 Å². The Labute approximate surface area is 110 Å². The van der Waals surface area contributed by atoms with E-state index in [1.807, 2.05) is 0 Å². The highest BCUT2D eigenvalue weighted by molar-refractivity contribution is 7.89. The Balaban J connectivity index is 2.91. The van der Waals surface area contributed by atoms with Gasteiger partial charge in [0.05, 0.1) is 0 Å². The van der Waals surface area contributed by atoms with Crippen LogP contribution in [0.15, 0.2) is 17.2 Å². The van der Waals surface area contributed by atoms with E-state index in [-0.39, 0.29) is 0 Å². The fourth-order valence-corrected chi connectivity index (χ4v) is 2.94. The van der Waals surface area contributed by atoms with Crippen molar-refractivity contribution < 1.29 is 8.42 Å². The number of sulfonamides is 1. The van der Waals surface area contributed by atoms with Crippen LogP contribution in [0, 0.1) is 5.92 Å². The van der Waals surface area contributed by atoms with Crippen molar-refractivity contribution in [3.63, 3.8) is 0 Å². The summed E-state index contributed by atoms with van der Waals surface area (Å²) in [5.74, 6) is 0.484. The van der Waals surface area contributed by atoms with Crippen molar-refractivity contribution in [1.82, 2.24) is 8.87 Å². The molecule has 0 radical (unpaired) electrons. The highest BCUT2D eigenvalue weighted by Gasteiger charge is 2.22. The van der Waals surface area contributed by atoms with E-state index in [0.29, 0.717) is 23.9 Å². The Bertz CT molecular complexity index is 491. The normalized spacial score (nSPS) is 12.6. The van der Waals surface area contributed by atoms with Crippen LogP contribution in [0.25, 0.3) is 0 Å². The molecule has 0 aromatic carbocycles. The van der Waals surface area contributed by atoms with E-state index in [0.717, 1.165) is 12.1 Å². The molecule has 5 nitrogen and oxygen atoms in total. The molecule has 1 aromatic heterocycles. The molecule has 2 N–H and O–H groups in total. The van der Waals surface area contributed by atoms with Crippen LogP contribution < -0.4 is 5.73 Å². The molecule has 0 saturated carbocycles. The van der Waals surface area contributed by atoms with E-state index in [4.69, 9.17) is 5.73 Å². The molecule has 0 aliphatic rings. The summed E-state index contributed by atoms with van der Waals surface area (Å²) in [4.78, 5) is 0.316. The molecule has 0 bridgehead atoms. The summed E-state index contributed by atoms with van der Waals surface area (Å²) in [6.45, 7) is 5.03. The summed E-state index contributed by atoms with van der Waals surface area (Å²) in [7, 11) is 0.0293. The number of aromatic nitrogens is 1. The lowest BCUT2D eigenvalue weighted by Gasteiger charge is -2.17. The van der Waals surface area contributed by atoms with Gasteiger partial charge < -0.3 is 10.3 Å². The summed E-state index contributed by atoms with van der Waals surface area (Å²) in [5.41, 5.74) is 6.36. The Morgan fingerprint density at radius 1 is 1.44 bits per heavy atom. The van der Waals surface area contributed by atoms with Crippen LogP contribution in [0.4, 0.5) is 0 Å². The van der Waals surface area contributed by atoms with Crippen LogP contribution in [-0.4, -0.2) is 30.9 Å². The van der Waals surface area contributed by atoms with Gasteiger partial charge in [-0.2, -0.15) is 0 Å². The number of nitrogens with two attached hydrogens (primary N) is 1. The Morgan fingerprint density at radius 2 is 2.06 bits per heavy atom. The zero-order chi connectivity index (χ0) is 13.9. The SMILES string of the molecule is CC(C)CCN(C)S(=O)(=O)c1cc(CN)n(C)c1. The zero-order valence-electron chi connectivity index (χ0n) is 11.5. The molecule has 0 amide bonds. The third-order valence-corrected chi connectivity index (χ3v) is 4.84. The summed E-state index contributed by atoms with van der Waals surface area (Å²) in [6.07, 6.45) is 2.47. The first kappa shape index (κ1) is 15.2. The molecule has 1 aromatic rings. The monoisotopic (exact) mass is 273 g/mol. The van der Waals surface area contributed by atoms with E-state index in [1.165, 1.54) is 4.31 Å². The largest absolute Gasteiger partial charge is 0.352 e. The molecular weight excluding hydrogens is 250 g/mol.